The Labute approximate surface area is 157 Å². The van der Waals surface area contributed by atoms with Gasteiger partial charge in [-0.25, -0.2) is 0 Å². The number of carbonyl (C=O) groups is 1. The van der Waals surface area contributed by atoms with E-state index < -0.39 is 0 Å². The lowest BCUT2D eigenvalue weighted by Crippen LogP contribution is -2.12. The summed E-state index contributed by atoms with van der Waals surface area (Å²) in [6, 6.07) is 9.16. The van der Waals surface area contributed by atoms with E-state index in [-0.39, 0.29) is 12.3 Å². The molecule has 2 heterocycles. The second-order valence-corrected chi connectivity index (χ2v) is 5.99. The lowest BCUT2D eigenvalue weighted by molar-refractivity contribution is -0.116. The number of aryl methyl sites for hydroxylation is 3. The Bertz CT molecular complexity index is 898. The van der Waals surface area contributed by atoms with Crippen LogP contribution in [0.5, 0.6) is 5.75 Å². The maximum Gasteiger partial charge on any atom is 0.265 e. The average molecular weight is 369 g/mol. The molecule has 1 aromatic carbocycles. The highest BCUT2D eigenvalue weighted by Crippen LogP contribution is 2.20. The Morgan fingerprint density at radius 3 is 2.70 bits per heavy atom. The number of carbonyl (C=O) groups excluding carboxylic acids is 1. The molecular formula is C19H23N5O3. The molecule has 0 bridgehead atoms. The average Bonchev–Trinajstić information content (AvgIpc) is 3.28. The van der Waals surface area contributed by atoms with Gasteiger partial charge in [0.1, 0.15) is 11.4 Å². The highest BCUT2D eigenvalue weighted by Gasteiger charge is 2.15. The lowest BCUT2D eigenvalue weighted by atomic mass is 10.2. The zero-order chi connectivity index (χ0) is 19.2. The van der Waals surface area contributed by atoms with Gasteiger partial charge in [-0.1, -0.05) is 0 Å². The summed E-state index contributed by atoms with van der Waals surface area (Å²) in [6.45, 7) is 7.16. The molecule has 0 saturated carbocycles. The Hall–Kier alpha value is -3.16. The molecule has 3 aromatic rings. The molecule has 142 valence electrons. The summed E-state index contributed by atoms with van der Waals surface area (Å²) >= 11 is 0. The van der Waals surface area contributed by atoms with E-state index in [2.05, 4.69) is 20.6 Å². The third-order valence-corrected chi connectivity index (χ3v) is 3.90. The monoisotopic (exact) mass is 369 g/mol. The van der Waals surface area contributed by atoms with E-state index >= 15 is 0 Å². The third kappa shape index (κ3) is 4.72. The van der Waals surface area contributed by atoms with Crippen LogP contribution in [0.3, 0.4) is 0 Å². The summed E-state index contributed by atoms with van der Waals surface area (Å²) in [5.74, 6) is 1.50. The van der Waals surface area contributed by atoms with Crippen LogP contribution in [0, 0.1) is 6.92 Å². The highest BCUT2D eigenvalue weighted by atomic mass is 16.5. The van der Waals surface area contributed by atoms with Gasteiger partial charge in [0.25, 0.3) is 5.89 Å². The van der Waals surface area contributed by atoms with Crippen molar-refractivity contribution in [1.82, 2.24) is 20.0 Å². The number of amides is 1. The fourth-order valence-corrected chi connectivity index (χ4v) is 2.66. The van der Waals surface area contributed by atoms with E-state index in [1.807, 2.05) is 55.8 Å². The molecule has 0 fully saturated rings. The third-order valence-electron chi connectivity index (χ3n) is 3.90. The van der Waals surface area contributed by atoms with Crippen molar-refractivity contribution < 1.29 is 13.9 Å². The van der Waals surface area contributed by atoms with Crippen molar-refractivity contribution in [2.45, 2.75) is 40.2 Å². The van der Waals surface area contributed by atoms with Gasteiger partial charge in [0.2, 0.25) is 11.8 Å². The van der Waals surface area contributed by atoms with Crippen LogP contribution in [0.25, 0.3) is 11.6 Å². The summed E-state index contributed by atoms with van der Waals surface area (Å²) in [5.41, 5.74) is 2.39. The molecule has 0 aliphatic rings. The van der Waals surface area contributed by atoms with Crippen molar-refractivity contribution in [2.24, 2.45) is 0 Å². The van der Waals surface area contributed by atoms with E-state index in [0.29, 0.717) is 31.4 Å². The van der Waals surface area contributed by atoms with Crippen LogP contribution in [-0.2, 0) is 17.8 Å². The molecule has 0 aliphatic carbocycles. The number of rotatable bonds is 8. The number of hydrogen-bond donors (Lipinski definition) is 1. The number of benzene rings is 1. The number of aromatic nitrogens is 4. The number of nitrogens with zero attached hydrogens (tertiary/aromatic N) is 4. The predicted molar refractivity (Wildman–Crippen MR) is 100 cm³/mol. The first-order valence-corrected chi connectivity index (χ1v) is 8.99. The van der Waals surface area contributed by atoms with Crippen LogP contribution in [0.1, 0.15) is 31.9 Å². The van der Waals surface area contributed by atoms with Crippen LogP contribution >= 0.6 is 0 Å². The second-order valence-electron chi connectivity index (χ2n) is 5.99. The van der Waals surface area contributed by atoms with E-state index in [1.165, 1.54) is 0 Å². The van der Waals surface area contributed by atoms with E-state index in [0.717, 1.165) is 22.8 Å². The maximum absolute atomic E-state index is 12.1. The second kappa shape index (κ2) is 8.48. The minimum atomic E-state index is -0.117. The largest absolute Gasteiger partial charge is 0.494 e. The fraction of sp³-hybridized carbons (Fsp3) is 0.368. The number of nitrogens with one attached hydrogen (secondary N) is 1. The van der Waals surface area contributed by atoms with Crippen molar-refractivity contribution in [1.29, 1.82) is 0 Å². The molecule has 0 spiro atoms. The predicted octanol–water partition coefficient (Wildman–Crippen LogP) is 3.23. The molecule has 3 rings (SSSR count). The van der Waals surface area contributed by atoms with Gasteiger partial charge in [-0.2, -0.15) is 5.10 Å². The lowest BCUT2D eigenvalue weighted by Gasteiger charge is -2.06. The fourth-order valence-electron chi connectivity index (χ4n) is 2.66. The highest BCUT2D eigenvalue weighted by molar-refractivity contribution is 5.90. The Morgan fingerprint density at radius 2 is 2.00 bits per heavy atom. The maximum atomic E-state index is 12.1. The molecule has 1 N–H and O–H groups in total. The van der Waals surface area contributed by atoms with Crippen LogP contribution in [0.4, 0.5) is 5.69 Å². The smallest absolute Gasteiger partial charge is 0.265 e. The molecule has 8 nitrogen and oxygen atoms in total. The molecule has 2 aromatic heterocycles. The van der Waals surface area contributed by atoms with E-state index in [1.54, 1.807) is 0 Å². The molecule has 0 atom stereocenters. The first kappa shape index (κ1) is 18.6. The first-order chi connectivity index (χ1) is 13.1. The summed E-state index contributed by atoms with van der Waals surface area (Å²) in [6.07, 6.45) is 0.621. The summed E-state index contributed by atoms with van der Waals surface area (Å²) < 4.78 is 12.9. The minimum Gasteiger partial charge on any atom is -0.494 e. The molecule has 0 radical (unpaired) electrons. The van der Waals surface area contributed by atoms with Gasteiger partial charge in [-0.15, -0.1) is 10.2 Å². The van der Waals surface area contributed by atoms with Crippen molar-refractivity contribution in [2.75, 3.05) is 11.9 Å². The van der Waals surface area contributed by atoms with Gasteiger partial charge >= 0.3 is 0 Å². The molecule has 0 saturated heterocycles. The molecule has 27 heavy (non-hydrogen) atoms. The van der Waals surface area contributed by atoms with Crippen LogP contribution < -0.4 is 10.1 Å². The van der Waals surface area contributed by atoms with E-state index in [4.69, 9.17) is 9.15 Å². The number of anilines is 1. The van der Waals surface area contributed by atoms with Gasteiger partial charge in [-0.3, -0.25) is 9.48 Å². The molecule has 0 aliphatic heterocycles. The van der Waals surface area contributed by atoms with Gasteiger partial charge in [0.05, 0.1) is 12.3 Å². The summed E-state index contributed by atoms with van der Waals surface area (Å²) in [5, 5.41) is 15.3. The van der Waals surface area contributed by atoms with Crippen molar-refractivity contribution >= 4 is 11.6 Å². The molecule has 0 unspecified atom stereocenters. The zero-order valence-electron chi connectivity index (χ0n) is 15.7. The zero-order valence-corrected chi connectivity index (χ0v) is 15.7. The van der Waals surface area contributed by atoms with Crippen molar-refractivity contribution in [3.05, 3.63) is 41.9 Å². The Balaban J connectivity index is 1.55. The minimum absolute atomic E-state index is 0.117. The quantitative estimate of drug-likeness (QED) is 0.655. The molecule has 8 heteroatoms. The normalized spacial score (nSPS) is 10.8. The van der Waals surface area contributed by atoms with Gasteiger partial charge < -0.3 is 14.5 Å². The van der Waals surface area contributed by atoms with E-state index in [9.17, 15) is 4.79 Å². The first-order valence-electron chi connectivity index (χ1n) is 8.99. The topological polar surface area (TPSA) is 95.1 Å². The Kier molecular flexibility index (Phi) is 5.85. The van der Waals surface area contributed by atoms with Crippen LogP contribution in [-0.4, -0.2) is 32.5 Å². The number of hydrogen-bond acceptors (Lipinski definition) is 6. The van der Waals surface area contributed by atoms with Crippen molar-refractivity contribution in [3.63, 3.8) is 0 Å². The molecular weight excluding hydrogens is 346 g/mol. The summed E-state index contributed by atoms with van der Waals surface area (Å²) in [7, 11) is 0. The Morgan fingerprint density at radius 1 is 1.22 bits per heavy atom. The molecule has 1 amide bonds. The van der Waals surface area contributed by atoms with Crippen LogP contribution in [0.15, 0.2) is 34.7 Å². The SMILES string of the molecule is CCOc1ccc(NC(=O)CCc2nnc(-c3cc(C)nn3CC)o2)cc1. The number of ether oxygens (including phenoxy) is 1. The van der Waals surface area contributed by atoms with Crippen LogP contribution in [0.2, 0.25) is 0 Å². The van der Waals surface area contributed by atoms with Crippen molar-refractivity contribution in [3.8, 4) is 17.3 Å². The van der Waals surface area contributed by atoms with Gasteiger partial charge in [0.15, 0.2) is 0 Å². The van der Waals surface area contributed by atoms with Gasteiger partial charge in [0, 0.05) is 25.1 Å². The summed E-state index contributed by atoms with van der Waals surface area (Å²) in [4.78, 5) is 12.1. The standard InChI is InChI=1S/C19H23N5O3/c1-4-24-16(12-13(3)23-24)19-22-21-18(27-19)11-10-17(25)20-14-6-8-15(9-7-14)26-5-2/h6-9,12H,4-5,10-11H2,1-3H3,(H,20,25). The van der Waals surface area contributed by atoms with Gasteiger partial charge in [-0.05, 0) is 51.1 Å².